The number of pyridine rings is 1. The third kappa shape index (κ3) is 7.19. The Hall–Kier alpha value is -7.76. The summed E-state index contributed by atoms with van der Waals surface area (Å²) < 4.78 is 94.7. The van der Waals surface area contributed by atoms with E-state index in [1.54, 1.807) is 29.8 Å². The van der Waals surface area contributed by atoms with Gasteiger partial charge in [0.1, 0.15) is 13.9 Å². The van der Waals surface area contributed by atoms with E-state index in [0.717, 1.165) is 27.9 Å². The Bertz CT molecular complexity index is 4110. The number of aromatic nitrogens is 1. The van der Waals surface area contributed by atoms with Gasteiger partial charge in [0.2, 0.25) is 0 Å². The fourth-order valence-corrected chi connectivity index (χ4v) is 16.0. The fraction of sp³-hybridized carbons (Fsp3) is 0.0625. The second-order valence-electron chi connectivity index (χ2n) is 18.5. The van der Waals surface area contributed by atoms with Crippen molar-refractivity contribution in [2.45, 2.75) is 26.2 Å². The van der Waals surface area contributed by atoms with Crippen molar-refractivity contribution in [2.24, 2.45) is 0 Å². The molecule has 0 saturated carbocycles. The van der Waals surface area contributed by atoms with Crippen LogP contribution in [0.25, 0.3) is 33.4 Å². The summed E-state index contributed by atoms with van der Waals surface area (Å²) in [5.74, 6) is 1.58. The zero-order valence-corrected chi connectivity index (χ0v) is 42.0. The van der Waals surface area contributed by atoms with Gasteiger partial charge in [-0.1, -0.05) is 189 Å². The average molecular weight is 1120 g/mol. The van der Waals surface area contributed by atoms with Crippen LogP contribution in [0.5, 0.6) is 11.5 Å². The van der Waals surface area contributed by atoms with Gasteiger partial charge in [-0.15, -0.1) is 47.9 Å². The Morgan fingerprint density at radius 1 is 0.563 bits per heavy atom. The molecule has 346 valence electrons. The maximum absolute atomic E-state index is 9.10. The predicted molar refractivity (Wildman–Crippen MR) is 290 cm³/mol. The Morgan fingerprint density at radius 2 is 1.17 bits per heavy atom. The topological polar surface area (TPSA) is 31.8 Å². The van der Waals surface area contributed by atoms with Gasteiger partial charge in [-0.05, 0) is 73.9 Å². The number of hydrogen-bond acceptors (Lipinski definition) is 5. The molecule has 1 aromatic heterocycles. The Kier molecular flexibility index (Phi) is 8.54. The molecule has 1 atom stereocenters. The van der Waals surface area contributed by atoms with Gasteiger partial charge in [-0.3, -0.25) is 0 Å². The first kappa shape index (κ1) is 34.5. The SMILES string of the molecule is [2H]c1c([2H])c([2H])c(-c2cccc(-c3c([2H])c([2H])c([2H])c([2H])c3[2H])c2N2[CH-]N(c3[c-]c(Oc4[c-]c5c(cc4)[Si]4(c6ccccc6)c6ccccc6-c6cccc(c64)N5c4cc(C(C)(C)C)ccn4)ccc3)c3ccccc32)c([2H])c1[2H].[Pt]. The van der Waals surface area contributed by atoms with E-state index in [1.165, 1.54) is 26.7 Å². The van der Waals surface area contributed by atoms with Gasteiger partial charge in [-0.25, -0.2) is 4.98 Å². The van der Waals surface area contributed by atoms with Crippen molar-refractivity contribution in [1.29, 1.82) is 0 Å². The summed E-state index contributed by atoms with van der Waals surface area (Å²) in [6.07, 6.45) is 1.88. The molecule has 1 unspecified atom stereocenters. The Labute approximate surface area is 445 Å². The van der Waals surface area contributed by atoms with Crippen LogP contribution < -0.4 is 40.2 Å². The molecule has 7 heteroatoms. The second-order valence-corrected chi connectivity index (χ2v) is 22.1. The Balaban J connectivity index is 0.00000651. The minimum atomic E-state index is -2.99. The van der Waals surface area contributed by atoms with E-state index in [1.807, 2.05) is 59.6 Å². The van der Waals surface area contributed by atoms with E-state index in [0.29, 0.717) is 28.6 Å². The number of benzene rings is 9. The average Bonchev–Trinajstić information content (AvgIpc) is 3.20. The first-order chi connectivity index (χ1) is 38.5. The molecule has 0 bridgehead atoms. The fourth-order valence-electron chi connectivity index (χ4n) is 10.5. The van der Waals surface area contributed by atoms with E-state index < -0.39 is 68.5 Å². The molecule has 0 radical (unpaired) electrons. The number of hydrogen-bond donors (Lipinski definition) is 0. The zero-order chi connectivity index (χ0) is 55.7. The molecule has 71 heavy (non-hydrogen) atoms. The van der Waals surface area contributed by atoms with Crippen molar-refractivity contribution < 1.29 is 39.5 Å². The smallest absolute Gasteiger partial charge is 0.135 e. The van der Waals surface area contributed by atoms with Crippen LogP contribution in [0.15, 0.2) is 224 Å². The number of para-hydroxylation sites is 3. The molecule has 0 N–H and O–H groups in total. The van der Waals surface area contributed by atoms with Crippen LogP contribution in [0, 0.1) is 18.8 Å². The summed E-state index contributed by atoms with van der Waals surface area (Å²) >= 11 is 0. The van der Waals surface area contributed by atoms with E-state index in [9.17, 15) is 0 Å². The van der Waals surface area contributed by atoms with Gasteiger partial charge in [0.05, 0.1) is 13.7 Å². The molecule has 4 heterocycles. The summed E-state index contributed by atoms with van der Waals surface area (Å²) in [7, 11) is -2.99. The molecule has 0 amide bonds. The van der Waals surface area contributed by atoms with Gasteiger partial charge in [0.15, 0.2) is 0 Å². The summed E-state index contributed by atoms with van der Waals surface area (Å²) in [5, 5.41) is 5.02. The van der Waals surface area contributed by atoms with Crippen LogP contribution >= 0.6 is 0 Å². The summed E-state index contributed by atoms with van der Waals surface area (Å²) in [6.45, 7) is 8.35. The molecule has 0 fully saturated rings. The van der Waals surface area contributed by atoms with Crippen LogP contribution in [0.2, 0.25) is 0 Å². The van der Waals surface area contributed by atoms with E-state index in [2.05, 4.69) is 129 Å². The molecule has 3 aliphatic rings. The van der Waals surface area contributed by atoms with Crippen molar-refractivity contribution in [1.82, 2.24) is 4.98 Å². The standard InChI is InChI=1S/C64H47N4OSi.Pt/c1-64(2,3)46-38-39-65-61(40-46)68-57-34-19-31-54-53-28-13-16-35-59(53)70(63(54)57,50-26-11-6-12-27-50)60-37-36-49(42-58(60)68)69-48-25-17-24-47(41-48)66-43-67(56-33-15-14-32-55(56)66)62-51(44-20-7-4-8-21-44)29-18-30-52(62)45-22-9-5-10-23-45;/h4-40,43H,1-3H3;/q-3;/i4D,5D,7D,8D,9D,10D,20D,21D,22D,23D;. The van der Waals surface area contributed by atoms with Crippen LogP contribution in [0.1, 0.15) is 40.0 Å². The molecular formula is C64H47N4OPtSi-3. The van der Waals surface area contributed by atoms with Crippen molar-refractivity contribution in [3.05, 3.63) is 249 Å². The van der Waals surface area contributed by atoms with E-state index in [4.69, 9.17) is 23.4 Å². The van der Waals surface area contributed by atoms with Gasteiger partial charge in [-0.2, -0.15) is 12.1 Å². The molecule has 0 spiro atoms. The minimum Gasteiger partial charge on any atom is -0.509 e. The van der Waals surface area contributed by atoms with Crippen molar-refractivity contribution >= 4 is 68.8 Å². The summed E-state index contributed by atoms with van der Waals surface area (Å²) in [6, 6.07) is 54.6. The molecule has 10 aromatic rings. The van der Waals surface area contributed by atoms with Crippen molar-refractivity contribution in [3.63, 3.8) is 0 Å². The van der Waals surface area contributed by atoms with Crippen LogP contribution in [-0.4, -0.2) is 13.1 Å². The molecule has 3 aliphatic heterocycles. The van der Waals surface area contributed by atoms with Crippen molar-refractivity contribution in [3.8, 4) is 44.9 Å². The summed E-state index contributed by atoms with van der Waals surface area (Å²) in [4.78, 5) is 10.9. The van der Waals surface area contributed by atoms with Gasteiger partial charge >= 0.3 is 0 Å². The number of nitrogens with zero attached hydrogens (tertiary/aromatic N) is 4. The maximum atomic E-state index is 9.10. The predicted octanol–water partition coefficient (Wildman–Crippen LogP) is 13.7. The molecular weight excluding hydrogens is 1060 g/mol. The first-order valence-electron chi connectivity index (χ1n) is 28.1. The first-order valence-corrected chi connectivity index (χ1v) is 25.1. The number of ether oxygens (including phenoxy) is 1. The zero-order valence-electron chi connectivity index (χ0n) is 48.7. The number of rotatable bonds is 8. The molecule has 13 rings (SSSR count). The van der Waals surface area contributed by atoms with Gasteiger partial charge in [0, 0.05) is 72.6 Å². The quantitative estimate of drug-likeness (QED) is 0.112. The van der Waals surface area contributed by atoms with E-state index in [-0.39, 0.29) is 54.4 Å². The Morgan fingerprint density at radius 3 is 1.90 bits per heavy atom. The second kappa shape index (κ2) is 17.6. The van der Waals surface area contributed by atoms with Gasteiger partial charge in [0.25, 0.3) is 0 Å². The van der Waals surface area contributed by atoms with Crippen LogP contribution in [0.3, 0.4) is 0 Å². The summed E-state index contributed by atoms with van der Waals surface area (Å²) in [5.41, 5.74) is 7.40. The third-order valence-electron chi connectivity index (χ3n) is 13.5. The molecule has 0 aliphatic carbocycles. The van der Waals surface area contributed by atoms with Crippen molar-refractivity contribution in [2.75, 3.05) is 14.7 Å². The normalized spacial score (nSPS) is 17.0. The maximum Gasteiger partial charge on any atom is 0.135 e. The van der Waals surface area contributed by atoms with Gasteiger partial charge < -0.3 is 19.4 Å². The monoisotopic (exact) mass is 1120 g/mol. The number of fused-ring (bicyclic) bond motifs is 6. The molecule has 9 aromatic carbocycles. The third-order valence-corrected chi connectivity index (χ3v) is 18.5. The molecule has 0 saturated heterocycles. The van der Waals surface area contributed by atoms with Crippen LogP contribution in [0.4, 0.5) is 39.9 Å². The number of anilines is 7. The van der Waals surface area contributed by atoms with Crippen LogP contribution in [-0.2, 0) is 26.5 Å². The largest absolute Gasteiger partial charge is 0.509 e. The molecule has 5 nitrogen and oxygen atoms in total. The minimum absolute atomic E-state index is 0. The van der Waals surface area contributed by atoms with E-state index >= 15 is 0 Å².